The van der Waals surface area contributed by atoms with Crippen LogP contribution in [0.2, 0.25) is 0 Å². The van der Waals surface area contributed by atoms with Crippen molar-refractivity contribution in [1.82, 2.24) is 15.5 Å². The molecule has 7 heteroatoms. The molecule has 1 aliphatic heterocycles. The Kier molecular flexibility index (Phi) is 12.3. The van der Waals surface area contributed by atoms with Gasteiger partial charge in [0.2, 0.25) is 5.91 Å². The van der Waals surface area contributed by atoms with Gasteiger partial charge >= 0.3 is 0 Å². The van der Waals surface area contributed by atoms with Crippen molar-refractivity contribution in [2.45, 2.75) is 66.0 Å². The third-order valence-electron chi connectivity index (χ3n) is 4.73. The number of carbonyl (C=O) groups is 1. The highest BCUT2D eigenvalue weighted by atomic mass is 16.5. The Labute approximate surface area is 178 Å². The molecule has 0 atom stereocenters. The van der Waals surface area contributed by atoms with Crippen molar-refractivity contribution in [3.8, 4) is 0 Å². The largest absolute Gasteiger partial charge is 0.378 e. The SMILES string of the molecule is CC(C)(C)NC1CCN(CCOCCOCCOCCNC(=O)C(C)(C)C)CC1. The number of hydrogen-bond acceptors (Lipinski definition) is 6. The lowest BCUT2D eigenvalue weighted by Gasteiger charge is -2.36. The maximum absolute atomic E-state index is 11.7. The lowest BCUT2D eigenvalue weighted by Crippen LogP contribution is -2.49. The van der Waals surface area contributed by atoms with Crippen LogP contribution in [0.15, 0.2) is 0 Å². The lowest BCUT2D eigenvalue weighted by molar-refractivity contribution is -0.128. The molecule has 2 N–H and O–H groups in total. The molecule has 172 valence electrons. The Balaban J connectivity index is 1.85. The van der Waals surface area contributed by atoms with Crippen LogP contribution >= 0.6 is 0 Å². The molecule has 1 fully saturated rings. The van der Waals surface area contributed by atoms with E-state index < -0.39 is 0 Å². The van der Waals surface area contributed by atoms with Gasteiger partial charge in [0.1, 0.15) is 0 Å². The summed E-state index contributed by atoms with van der Waals surface area (Å²) in [7, 11) is 0. The standard InChI is InChI=1S/C22H45N3O4/c1-21(2,3)20(26)23-9-13-27-15-17-29-18-16-28-14-12-25-10-7-19(8-11-25)24-22(4,5)6/h19,24H,7-18H2,1-6H3,(H,23,26). The van der Waals surface area contributed by atoms with Gasteiger partial charge in [0.05, 0.1) is 39.6 Å². The van der Waals surface area contributed by atoms with Crippen molar-refractivity contribution in [1.29, 1.82) is 0 Å². The number of hydrogen-bond donors (Lipinski definition) is 2. The molecule has 0 radical (unpaired) electrons. The summed E-state index contributed by atoms with van der Waals surface area (Å²) in [5.41, 5.74) is -0.161. The summed E-state index contributed by atoms with van der Waals surface area (Å²) < 4.78 is 16.6. The quantitative estimate of drug-likeness (QED) is 0.449. The van der Waals surface area contributed by atoms with Gasteiger partial charge in [-0.2, -0.15) is 0 Å². The fourth-order valence-corrected chi connectivity index (χ4v) is 3.15. The Hall–Kier alpha value is -0.730. The first-order valence-corrected chi connectivity index (χ1v) is 11.1. The molecule has 0 aromatic heterocycles. The molecule has 1 amide bonds. The zero-order valence-electron chi connectivity index (χ0n) is 19.6. The molecule has 0 aromatic rings. The molecular formula is C22H45N3O4. The van der Waals surface area contributed by atoms with E-state index in [2.05, 4.69) is 36.3 Å². The normalized spacial score (nSPS) is 16.9. The molecule has 0 aliphatic carbocycles. The number of amides is 1. The number of rotatable bonds is 13. The summed E-state index contributed by atoms with van der Waals surface area (Å²) in [6, 6.07) is 0.637. The van der Waals surface area contributed by atoms with Crippen LogP contribution in [-0.4, -0.2) is 88.2 Å². The summed E-state index contributed by atoms with van der Waals surface area (Å²) in [6.07, 6.45) is 2.42. The van der Waals surface area contributed by atoms with Crippen LogP contribution < -0.4 is 10.6 Å². The summed E-state index contributed by atoms with van der Waals surface area (Å²) in [4.78, 5) is 14.2. The molecule has 29 heavy (non-hydrogen) atoms. The van der Waals surface area contributed by atoms with Gasteiger partial charge in [-0.1, -0.05) is 20.8 Å². The highest BCUT2D eigenvalue weighted by Crippen LogP contribution is 2.13. The van der Waals surface area contributed by atoms with E-state index >= 15 is 0 Å². The van der Waals surface area contributed by atoms with Crippen LogP contribution in [0.3, 0.4) is 0 Å². The van der Waals surface area contributed by atoms with Gasteiger partial charge in [0, 0.05) is 30.1 Å². The summed E-state index contributed by atoms with van der Waals surface area (Å²) in [6.45, 7) is 19.7. The van der Waals surface area contributed by atoms with Crippen molar-refractivity contribution in [2.75, 3.05) is 65.8 Å². The molecule has 0 bridgehead atoms. The number of nitrogens with zero attached hydrogens (tertiary/aromatic N) is 1. The van der Waals surface area contributed by atoms with Crippen molar-refractivity contribution in [2.24, 2.45) is 5.41 Å². The fraction of sp³-hybridized carbons (Fsp3) is 0.955. The second-order valence-corrected chi connectivity index (χ2v) is 9.85. The topological polar surface area (TPSA) is 72.1 Å². The Morgan fingerprint density at radius 3 is 1.90 bits per heavy atom. The van der Waals surface area contributed by atoms with E-state index in [0.717, 1.165) is 26.2 Å². The Morgan fingerprint density at radius 2 is 1.38 bits per heavy atom. The molecule has 1 aliphatic rings. The number of piperidine rings is 1. The maximum atomic E-state index is 11.7. The van der Waals surface area contributed by atoms with Gasteiger partial charge in [-0.25, -0.2) is 0 Å². The predicted octanol–water partition coefficient (Wildman–Crippen LogP) is 2.05. The van der Waals surface area contributed by atoms with Crippen molar-refractivity contribution in [3.63, 3.8) is 0 Å². The van der Waals surface area contributed by atoms with Crippen LogP contribution in [0, 0.1) is 5.41 Å². The number of carbonyl (C=O) groups excluding carboxylic acids is 1. The van der Waals surface area contributed by atoms with Gasteiger partial charge in [-0.15, -0.1) is 0 Å². The van der Waals surface area contributed by atoms with E-state index in [4.69, 9.17) is 14.2 Å². The Bertz CT molecular complexity index is 438. The summed E-state index contributed by atoms with van der Waals surface area (Å²) in [5.74, 6) is 0.0421. The minimum absolute atomic E-state index is 0.0421. The lowest BCUT2D eigenvalue weighted by atomic mass is 9.96. The Morgan fingerprint density at radius 1 is 0.862 bits per heavy atom. The van der Waals surface area contributed by atoms with Crippen molar-refractivity contribution >= 4 is 5.91 Å². The van der Waals surface area contributed by atoms with E-state index in [9.17, 15) is 4.79 Å². The third kappa shape index (κ3) is 14.0. The average molecular weight is 416 g/mol. The molecular weight excluding hydrogens is 370 g/mol. The van der Waals surface area contributed by atoms with Crippen molar-refractivity contribution in [3.05, 3.63) is 0 Å². The summed E-state index contributed by atoms with van der Waals surface area (Å²) >= 11 is 0. The van der Waals surface area contributed by atoms with Gasteiger partial charge in [-0.3, -0.25) is 4.79 Å². The van der Waals surface area contributed by atoms with Crippen LogP contribution in [0.4, 0.5) is 0 Å². The first-order chi connectivity index (χ1) is 13.6. The maximum Gasteiger partial charge on any atom is 0.225 e. The fourth-order valence-electron chi connectivity index (χ4n) is 3.15. The van der Waals surface area contributed by atoms with Crippen LogP contribution in [0.5, 0.6) is 0 Å². The van der Waals surface area contributed by atoms with Gasteiger partial charge in [0.15, 0.2) is 0 Å². The van der Waals surface area contributed by atoms with E-state index in [-0.39, 0.29) is 16.9 Å². The smallest absolute Gasteiger partial charge is 0.225 e. The molecule has 7 nitrogen and oxygen atoms in total. The van der Waals surface area contributed by atoms with Gasteiger partial charge in [-0.05, 0) is 46.7 Å². The minimum Gasteiger partial charge on any atom is -0.378 e. The zero-order valence-corrected chi connectivity index (χ0v) is 19.6. The summed E-state index contributed by atoms with van der Waals surface area (Å²) in [5, 5.41) is 6.55. The van der Waals surface area contributed by atoms with Crippen LogP contribution in [0.25, 0.3) is 0 Å². The second-order valence-electron chi connectivity index (χ2n) is 9.85. The molecule has 0 aromatic carbocycles. The van der Waals surface area contributed by atoms with Gasteiger partial charge < -0.3 is 29.7 Å². The van der Waals surface area contributed by atoms with Crippen molar-refractivity contribution < 1.29 is 19.0 Å². The number of nitrogens with one attached hydrogen (secondary N) is 2. The zero-order chi connectivity index (χ0) is 21.8. The number of ether oxygens (including phenoxy) is 3. The monoisotopic (exact) mass is 415 g/mol. The number of likely N-dealkylation sites (tertiary alicyclic amines) is 1. The molecule has 0 unspecified atom stereocenters. The van der Waals surface area contributed by atoms with E-state index in [1.807, 2.05) is 20.8 Å². The molecule has 1 rings (SSSR count). The third-order valence-corrected chi connectivity index (χ3v) is 4.73. The minimum atomic E-state index is -0.358. The van der Waals surface area contributed by atoms with E-state index in [0.29, 0.717) is 45.6 Å². The molecule has 0 saturated carbocycles. The first-order valence-electron chi connectivity index (χ1n) is 11.1. The first kappa shape index (κ1) is 26.3. The highest BCUT2D eigenvalue weighted by molar-refractivity contribution is 5.81. The second kappa shape index (κ2) is 13.5. The molecule has 0 spiro atoms. The van der Waals surface area contributed by atoms with Gasteiger partial charge in [0.25, 0.3) is 0 Å². The average Bonchev–Trinajstić information content (AvgIpc) is 2.61. The molecule has 1 saturated heterocycles. The van der Waals surface area contributed by atoms with E-state index in [1.54, 1.807) is 0 Å². The predicted molar refractivity (Wildman–Crippen MR) is 117 cm³/mol. The van der Waals surface area contributed by atoms with Crippen LogP contribution in [0.1, 0.15) is 54.4 Å². The molecule has 1 heterocycles. The van der Waals surface area contributed by atoms with Crippen LogP contribution in [-0.2, 0) is 19.0 Å². The highest BCUT2D eigenvalue weighted by Gasteiger charge is 2.22. The van der Waals surface area contributed by atoms with E-state index in [1.165, 1.54) is 12.8 Å².